The second-order valence-corrected chi connectivity index (χ2v) is 6.47. The van der Waals surface area contributed by atoms with Crippen LogP contribution in [0.5, 0.6) is 0 Å². The first-order chi connectivity index (χ1) is 13.1. The molecule has 2 aromatic carbocycles. The Morgan fingerprint density at radius 1 is 1.07 bits per heavy atom. The van der Waals surface area contributed by atoms with Crippen LogP contribution in [0, 0.1) is 0 Å². The number of fused-ring (bicyclic) bond motifs is 1. The van der Waals surface area contributed by atoms with Crippen LogP contribution in [0.1, 0.15) is 10.4 Å². The van der Waals surface area contributed by atoms with E-state index in [0.717, 1.165) is 12.1 Å². The molecule has 7 heteroatoms. The van der Waals surface area contributed by atoms with Gasteiger partial charge >= 0.3 is 0 Å². The summed E-state index contributed by atoms with van der Waals surface area (Å²) < 4.78 is 2.17. The SMILES string of the molecule is CN(CCn1ccc2ccccc21)C(=O)c1ccc(-c2nnn(C)n2)cc1. The molecule has 0 aliphatic rings. The number of para-hydroxylation sites is 1. The number of tetrazole rings is 1. The molecule has 0 radical (unpaired) electrons. The van der Waals surface area contributed by atoms with E-state index in [-0.39, 0.29) is 5.91 Å². The molecule has 0 aliphatic carbocycles. The highest BCUT2D eigenvalue weighted by atomic mass is 16.2. The second kappa shape index (κ2) is 7.03. The highest BCUT2D eigenvalue weighted by Crippen LogP contribution is 2.17. The molecule has 2 aromatic heterocycles. The third kappa shape index (κ3) is 3.44. The average molecular weight is 360 g/mol. The van der Waals surface area contributed by atoms with Crippen LogP contribution < -0.4 is 0 Å². The molecule has 2 heterocycles. The Labute approximate surface area is 156 Å². The predicted octanol–water partition coefficient (Wildman–Crippen LogP) is 2.60. The van der Waals surface area contributed by atoms with Crippen LogP contribution in [0.25, 0.3) is 22.3 Å². The van der Waals surface area contributed by atoms with E-state index in [0.29, 0.717) is 17.9 Å². The van der Waals surface area contributed by atoms with Crippen molar-refractivity contribution in [3.63, 3.8) is 0 Å². The summed E-state index contributed by atoms with van der Waals surface area (Å²) in [6.07, 6.45) is 2.06. The minimum absolute atomic E-state index is 0.00915. The molecule has 0 saturated carbocycles. The van der Waals surface area contributed by atoms with Crippen molar-refractivity contribution in [2.75, 3.05) is 13.6 Å². The molecule has 0 saturated heterocycles. The number of benzene rings is 2. The predicted molar refractivity (Wildman–Crippen MR) is 103 cm³/mol. The minimum Gasteiger partial charge on any atom is -0.346 e. The van der Waals surface area contributed by atoms with Gasteiger partial charge in [0.05, 0.1) is 7.05 Å². The summed E-state index contributed by atoms with van der Waals surface area (Å²) in [5.74, 6) is 0.537. The number of carbonyl (C=O) groups excluding carboxylic acids is 1. The maximum atomic E-state index is 12.7. The molecule has 136 valence electrons. The molecule has 7 nitrogen and oxygen atoms in total. The number of rotatable bonds is 5. The van der Waals surface area contributed by atoms with Gasteiger partial charge in [0, 0.05) is 43.0 Å². The van der Waals surface area contributed by atoms with Gasteiger partial charge in [-0.2, -0.15) is 4.80 Å². The highest BCUT2D eigenvalue weighted by Gasteiger charge is 2.13. The van der Waals surface area contributed by atoms with E-state index in [1.54, 1.807) is 24.1 Å². The summed E-state index contributed by atoms with van der Waals surface area (Å²) in [7, 11) is 3.55. The minimum atomic E-state index is -0.00915. The Bertz CT molecular complexity index is 1080. The van der Waals surface area contributed by atoms with Crippen molar-refractivity contribution in [1.29, 1.82) is 0 Å². The van der Waals surface area contributed by atoms with Crippen molar-refractivity contribution in [2.45, 2.75) is 6.54 Å². The second-order valence-electron chi connectivity index (χ2n) is 6.47. The smallest absolute Gasteiger partial charge is 0.253 e. The van der Waals surface area contributed by atoms with Crippen LogP contribution in [0.2, 0.25) is 0 Å². The van der Waals surface area contributed by atoms with Gasteiger partial charge in [-0.3, -0.25) is 4.79 Å². The van der Waals surface area contributed by atoms with Crippen molar-refractivity contribution >= 4 is 16.8 Å². The largest absolute Gasteiger partial charge is 0.346 e. The third-order valence-electron chi connectivity index (χ3n) is 4.60. The fourth-order valence-electron chi connectivity index (χ4n) is 3.08. The van der Waals surface area contributed by atoms with Crippen LogP contribution in [0.15, 0.2) is 60.8 Å². The van der Waals surface area contributed by atoms with Crippen LogP contribution >= 0.6 is 0 Å². The zero-order valence-corrected chi connectivity index (χ0v) is 15.3. The fraction of sp³-hybridized carbons (Fsp3) is 0.200. The van der Waals surface area contributed by atoms with Gasteiger partial charge in [-0.15, -0.1) is 10.2 Å². The van der Waals surface area contributed by atoms with Gasteiger partial charge < -0.3 is 9.47 Å². The van der Waals surface area contributed by atoms with Crippen molar-refractivity contribution in [3.05, 3.63) is 66.4 Å². The van der Waals surface area contributed by atoms with E-state index < -0.39 is 0 Å². The molecule has 0 fully saturated rings. The number of carbonyl (C=O) groups is 1. The molecule has 1 amide bonds. The maximum Gasteiger partial charge on any atom is 0.253 e. The Hall–Kier alpha value is -3.48. The third-order valence-corrected chi connectivity index (χ3v) is 4.60. The maximum absolute atomic E-state index is 12.7. The van der Waals surface area contributed by atoms with Crippen LogP contribution in [0.3, 0.4) is 0 Å². The van der Waals surface area contributed by atoms with E-state index in [1.165, 1.54) is 15.7 Å². The summed E-state index contributed by atoms with van der Waals surface area (Å²) in [6, 6.07) is 17.6. The molecule has 0 unspecified atom stereocenters. The molecule has 0 spiro atoms. The van der Waals surface area contributed by atoms with Gasteiger partial charge in [0.2, 0.25) is 5.82 Å². The van der Waals surface area contributed by atoms with Gasteiger partial charge in [0.25, 0.3) is 5.91 Å². The normalized spacial score (nSPS) is 11.0. The fourth-order valence-corrected chi connectivity index (χ4v) is 3.08. The van der Waals surface area contributed by atoms with Crippen LogP contribution in [0.4, 0.5) is 0 Å². The molecule has 0 atom stereocenters. The lowest BCUT2D eigenvalue weighted by molar-refractivity contribution is 0.0791. The molecule has 4 aromatic rings. The Kier molecular flexibility index (Phi) is 4.42. The monoisotopic (exact) mass is 360 g/mol. The number of aryl methyl sites for hydroxylation is 1. The van der Waals surface area contributed by atoms with Crippen molar-refractivity contribution in [2.24, 2.45) is 7.05 Å². The quantitative estimate of drug-likeness (QED) is 0.549. The molecule has 0 N–H and O–H groups in total. The molecule has 27 heavy (non-hydrogen) atoms. The molecule has 0 aliphatic heterocycles. The summed E-state index contributed by atoms with van der Waals surface area (Å²) >= 11 is 0. The van der Waals surface area contributed by atoms with E-state index in [2.05, 4.69) is 44.4 Å². The molecule has 4 rings (SSSR count). The zero-order chi connectivity index (χ0) is 18.8. The number of aromatic nitrogens is 5. The topological polar surface area (TPSA) is 68.8 Å². The van der Waals surface area contributed by atoms with E-state index in [1.807, 2.05) is 31.3 Å². The standard InChI is InChI=1S/C20H20N6O/c1-24(13-14-26-12-11-15-5-3-4-6-18(15)26)20(27)17-9-7-16(8-10-17)19-21-23-25(2)22-19/h3-12H,13-14H2,1-2H3. The lowest BCUT2D eigenvalue weighted by Gasteiger charge is -2.18. The Morgan fingerprint density at radius 2 is 1.85 bits per heavy atom. The summed E-state index contributed by atoms with van der Waals surface area (Å²) in [5.41, 5.74) is 2.66. The van der Waals surface area contributed by atoms with Gasteiger partial charge in [-0.1, -0.05) is 30.3 Å². The first-order valence-electron chi connectivity index (χ1n) is 8.75. The lowest BCUT2D eigenvalue weighted by Crippen LogP contribution is -2.29. The van der Waals surface area contributed by atoms with Crippen LogP contribution in [-0.4, -0.2) is 49.2 Å². The molecule has 0 bridgehead atoms. The summed E-state index contributed by atoms with van der Waals surface area (Å²) in [5, 5.41) is 13.2. The summed E-state index contributed by atoms with van der Waals surface area (Å²) in [6.45, 7) is 1.38. The number of likely N-dealkylation sites (N-methyl/N-ethyl adjacent to an activating group) is 1. The van der Waals surface area contributed by atoms with Crippen molar-refractivity contribution in [3.8, 4) is 11.4 Å². The molecular weight excluding hydrogens is 340 g/mol. The summed E-state index contributed by atoms with van der Waals surface area (Å²) in [4.78, 5) is 15.8. The Balaban J connectivity index is 1.42. The Morgan fingerprint density at radius 3 is 2.59 bits per heavy atom. The highest BCUT2D eigenvalue weighted by molar-refractivity contribution is 5.94. The average Bonchev–Trinajstić information content (AvgIpc) is 3.32. The number of hydrogen-bond donors (Lipinski definition) is 0. The van der Waals surface area contributed by atoms with Gasteiger partial charge in [0.1, 0.15) is 0 Å². The first-order valence-corrected chi connectivity index (χ1v) is 8.75. The van der Waals surface area contributed by atoms with Gasteiger partial charge in [-0.05, 0) is 34.9 Å². The number of nitrogens with zero attached hydrogens (tertiary/aromatic N) is 6. The molecular formula is C20H20N6O. The van der Waals surface area contributed by atoms with Gasteiger partial charge in [-0.25, -0.2) is 0 Å². The van der Waals surface area contributed by atoms with E-state index in [4.69, 9.17) is 0 Å². The van der Waals surface area contributed by atoms with Crippen molar-refractivity contribution in [1.82, 2.24) is 29.7 Å². The first kappa shape index (κ1) is 17.0. The lowest BCUT2D eigenvalue weighted by atomic mass is 10.1. The number of amides is 1. The van der Waals surface area contributed by atoms with Crippen LogP contribution in [-0.2, 0) is 13.6 Å². The number of hydrogen-bond acceptors (Lipinski definition) is 4. The van der Waals surface area contributed by atoms with Gasteiger partial charge in [0.15, 0.2) is 0 Å². The van der Waals surface area contributed by atoms with E-state index in [9.17, 15) is 4.79 Å². The van der Waals surface area contributed by atoms with Crippen molar-refractivity contribution < 1.29 is 4.79 Å². The zero-order valence-electron chi connectivity index (χ0n) is 15.3. The van der Waals surface area contributed by atoms with E-state index >= 15 is 0 Å².